The number of benzene rings is 2. The van der Waals surface area contributed by atoms with E-state index in [1.54, 1.807) is 30.3 Å². The van der Waals surface area contributed by atoms with Crippen LogP contribution in [0.25, 0.3) is 5.69 Å². The first-order valence-corrected chi connectivity index (χ1v) is 8.80. The maximum absolute atomic E-state index is 12.9. The van der Waals surface area contributed by atoms with Gasteiger partial charge in [-0.05, 0) is 24.3 Å². The highest BCUT2D eigenvalue weighted by atomic mass is 35.5. The molecule has 0 bridgehead atoms. The van der Waals surface area contributed by atoms with Crippen LogP contribution in [0.15, 0.2) is 42.7 Å². The Bertz CT molecular complexity index is 1100. The molecule has 3 aromatic rings. The molecule has 0 unspecified atom stereocenters. The number of hydrogen-bond donors (Lipinski definition) is 0. The Labute approximate surface area is 168 Å². The van der Waals surface area contributed by atoms with Gasteiger partial charge in [-0.1, -0.05) is 23.7 Å². The van der Waals surface area contributed by atoms with Gasteiger partial charge in [0.25, 0.3) is 18.2 Å². The van der Waals surface area contributed by atoms with Crippen LogP contribution in [0.5, 0.6) is 5.75 Å². The van der Waals surface area contributed by atoms with Gasteiger partial charge in [0.2, 0.25) is 5.82 Å². The topological polar surface area (TPSA) is 77.3 Å². The van der Waals surface area contributed by atoms with Crippen molar-refractivity contribution in [2.75, 3.05) is 7.11 Å². The molecule has 4 rings (SSSR count). The first-order valence-electron chi connectivity index (χ1n) is 8.43. The van der Waals surface area contributed by atoms with Crippen molar-refractivity contribution in [3.63, 3.8) is 0 Å². The van der Waals surface area contributed by atoms with Crippen LogP contribution in [0.3, 0.4) is 0 Å². The highest BCUT2D eigenvalue weighted by Crippen LogP contribution is 2.35. The van der Waals surface area contributed by atoms with Crippen molar-refractivity contribution in [2.24, 2.45) is 0 Å². The summed E-state index contributed by atoms with van der Waals surface area (Å²) >= 11 is 6.43. The Hall–Kier alpha value is -3.33. The summed E-state index contributed by atoms with van der Waals surface area (Å²) < 4.78 is 32.1. The molecular formula is C19H13ClF2N4O3. The minimum absolute atomic E-state index is 0.135. The molecule has 2 aromatic carbocycles. The van der Waals surface area contributed by atoms with Crippen LogP contribution in [0.4, 0.5) is 8.78 Å². The zero-order valence-electron chi connectivity index (χ0n) is 15.0. The number of methoxy groups -OCH3 is 1. The lowest BCUT2D eigenvalue weighted by molar-refractivity contribution is 0.0642. The van der Waals surface area contributed by atoms with Crippen LogP contribution < -0.4 is 4.74 Å². The number of aromatic nitrogens is 3. The average molecular weight is 419 g/mol. The Kier molecular flexibility index (Phi) is 4.75. The number of rotatable bonds is 5. The first-order chi connectivity index (χ1) is 13.9. The number of ether oxygens (including phenoxy) is 1. The summed E-state index contributed by atoms with van der Waals surface area (Å²) in [6.45, 7) is -0.193. The largest absolute Gasteiger partial charge is 0.495 e. The van der Waals surface area contributed by atoms with Gasteiger partial charge < -0.3 is 4.74 Å². The van der Waals surface area contributed by atoms with Gasteiger partial charge in [-0.3, -0.25) is 14.5 Å². The molecule has 0 radical (unpaired) electrons. The molecule has 0 fully saturated rings. The lowest BCUT2D eigenvalue weighted by atomic mass is 10.1. The number of carbonyl (C=O) groups is 2. The van der Waals surface area contributed by atoms with Crippen molar-refractivity contribution in [3.05, 3.63) is 70.3 Å². The van der Waals surface area contributed by atoms with E-state index in [2.05, 4.69) is 10.1 Å². The van der Waals surface area contributed by atoms with Gasteiger partial charge in [-0.2, -0.15) is 0 Å². The van der Waals surface area contributed by atoms with Crippen LogP contribution in [0.2, 0.25) is 5.02 Å². The summed E-state index contributed by atoms with van der Waals surface area (Å²) in [4.78, 5) is 30.1. The van der Waals surface area contributed by atoms with Crippen molar-refractivity contribution in [1.82, 2.24) is 19.7 Å². The molecule has 0 N–H and O–H groups in total. The van der Waals surface area contributed by atoms with E-state index in [-0.39, 0.29) is 11.6 Å². The Morgan fingerprint density at radius 2 is 1.76 bits per heavy atom. The summed E-state index contributed by atoms with van der Waals surface area (Å²) in [5.41, 5.74) is 1.19. The molecule has 0 saturated carbocycles. The molecule has 7 nitrogen and oxygen atoms in total. The Balaban J connectivity index is 1.78. The molecule has 148 valence electrons. The molecule has 1 aromatic heterocycles. The number of fused-ring (bicyclic) bond motifs is 1. The van der Waals surface area contributed by atoms with E-state index in [0.29, 0.717) is 28.1 Å². The van der Waals surface area contributed by atoms with Gasteiger partial charge in [-0.15, -0.1) is 5.10 Å². The number of alkyl halides is 2. The second-order valence-electron chi connectivity index (χ2n) is 6.17. The van der Waals surface area contributed by atoms with Crippen LogP contribution >= 0.6 is 11.6 Å². The standard InChI is InChI=1S/C19H13ClF2N4O3/c1-29-14-7-6-13(26-9-23-17(24-26)16(21)22)12(15(14)20)8-25-18(27)10-4-2-3-5-11(10)19(25)28/h2-7,9,16H,8H2,1H3. The van der Waals surface area contributed by atoms with Crippen LogP contribution in [-0.4, -0.2) is 38.6 Å². The number of amides is 2. The van der Waals surface area contributed by atoms with E-state index in [9.17, 15) is 18.4 Å². The minimum Gasteiger partial charge on any atom is -0.495 e. The summed E-state index contributed by atoms with van der Waals surface area (Å²) in [6.07, 6.45) is -1.73. The van der Waals surface area contributed by atoms with Gasteiger partial charge in [0.05, 0.1) is 35.5 Å². The minimum atomic E-state index is -2.84. The zero-order chi connectivity index (χ0) is 20.7. The van der Waals surface area contributed by atoms with Crippen LogP contribution in [0.1, 0.15) is 38.5 Å². The SMILES string of the molecule is COc1ccc(-n2cnc(C(F)F)n2)c(CN2C(=O)c3ccccc3C2=O)c1Cl. The Morgan fingerprint density at radius 1 is 1.10 bits per heavy atom. The fourth-order valence-corrected chi connectivity index (χ4v) is 3.44. The summed E-state index contributed by atoms with van der Waals surface area (Å²) in [6, 6.07) is 9.54. The third kappa shape index (κ3) is 3.13. The van der Waals surface area contributed by atoms with Gasteiger partial charge in [-0.25, -0.2) is 18.4 Å². The molecule has 0 aliphatic carbocycles. The Morgan fingerprint density at radius 3 is 2.31 bits per heavy atom. The fourth-order valence-electron chi connectivity index (χ4n) is 3.14. The summed E-state index contributed by atoms with van der Waals surface area (Å²) in [5.74, 6) is -1.29. The van der Waals surface area contributed by atoms with E-state index >= 15 is 0 Å². The zero-order valence-corrected chi connectivity index (χ0v) is 15.7. The molecule has 1 aliphatic heterocycles. The molecule has 1 aliphatic rings. The van der Waals surface area contributed by atoms with Crippen molar-refractivity contribution >= 4 is 23.4 Å². The number of nitrogens with zero attached hydrogens (tertiary/aromatic N) is 4. The molecule has 2 amide bonds. The smallest absolute Gasteiger partial charge is 0.299 e. The number of halogens is 3. The second-order valence-corrected chi connectivity index (χ2v) is 6.55. The average Bonchev–Trinajstić information content (AvgIpc) is 3.30. The molecule has 0 atom stereocenters. The molecule has 10 heteroatoms. The normalized spacial score (nSPS) is 13.3. The molecule has 2 heterocycles. The number of hydrogen-bond acceptors (Lipinski definition) is 5. The summed E-state index contributed by atoms with van der Waals surface area (Å²) in [5, 5.41) is 3.89. The highest BCUT2D eigenvalue weighted by Gasteiger charge is 2.36. The van der Waals surface area contributed by atoms with E-state index in [1.807, 2.05) is 0 Å². The van der Waals surface area contributed by atoms with Crippen molar-refractivity contribution in [3.8, 4) is 11.4 Å². The number of imide groups is 1. The molecule has 0 spiro atoms. The van der Waals surface area contributed by atoms with Crippen LogP contribution in [0, 0.1) is 0 Å². The van der Waals surface area contributed by atoms with Crippen molar-refractivity contribution in [1.29, 1.82) is 0 Å². The third-order valence-corrected chi connectivity index (χ3v) is 4.96. The van der Waals surface area contributed by atoms with E-state index in [0.717, 1.165) is 15.9 Å². The van der Waals surface area contributed by atoms with Gasteiger partial charge in [0.15, 0.2) is 0 Å². The highest BCUT2D eigenvalue weighted by molar-refractivity contribution is 6.33. The van der Waals surface area contributed by atoms with Gasteiger partial charge >= 0.3 is 0 Å². The summed E-state index contributed by atoms with van der Waals surface area (Å²) in [7, 11) is 1.41. The molecular weight excluding hydrogens is 406 g/mol. The van der Waals surface area contributed by atoms with Crippen molar-refractivity contribution in [2.45, 2.75) is 13.0 Å². The maximum Gasteiger partial charge on any atom is 0.299 e. The van der Waals surface area contributed by atoms with Gasteiger partial charge in [0, 0.05) is 5.56 Å². The second kappa shape index (κ2) is 7.25. The third-order valence-electron chi connectivity index (χ3n) is 4.55. The molecule has 0 saturated heterocycles. The number of carbonyl (C=O) groups excluding carboxylic acids is 2. The lowest BCUT2D eigenvalue weighted by Gasteiger charge is -2.19. The predicted molar refractivity (Wildman–Crippen MR) is 98.5 cm³/mol. The van der Waals surface area contributed by atoms with E-state index < -0.39 is 24.1 Å². The monoisotopic (exact) mass is 418 g/mol. The van der Waals surface area contributed by atoms with Crippen molar-refractivity contribution < 1.29 is 23.1 Å². The molecule has 29 heavy (non-hydrogen) atoms. The lowest BCUT2D eigenvalue weighted by Crippen LogP contribution is -2.29. The van der Waals surface area contributed by atoms with E-state index in [1.165, 1.54) is 13.2 Å². The van der Waals surface area contributed by atoms with Crippen LogP contribution in [-0.2, 0) is 6.54 Å². The predicted octanol–water partition coefficient (Wildman–Crippen LogP) is 3.66. The maximum atomic E-state index is 12.9. The fraction of sp³-hybridized carbons (Fsp3) is 0.158. The van der Waals surface area contributed by atoms with Gasteiger partial charge in [0.1, 0.15) is 12.1 Å². The first kappa shape index (κ1) is 19.0. The quantitative estimate of drug-likeness (QED) is 0.591. The van der Waals surface area contributed by atoms with E-state index in [4.69, 9.17) is 16.3 Å².